The first kappa shape index (κ1) is 37.3. The highest BCUT2D eigenvalue weighted by Gasteiger charge is 2.38. The van der Waals surface area contributed by atoms with Crippen LogP contribution in [0.5, 0.6) is 0 Å². The van der Waals surface area contributed by atoms with Crippen LogP contribution in [0.4, 0.5) is 4.79 Å². The molecule has 0 spiro atoms. The predicted molar refractivity (Wildman–Crippen MR) is 174 cm³/mol. The SMILES string of the molecule is C#CN(C(=O)C(CCC(N)=O)NC(=O)OC(C)(C)C)C(C(=O)NC(Cc1ccccc1)C(=O)OC(C)(C)C)c1cc(C)cc(C)c1. The highest BCUT2D eigenvalue weighted by atomic mass is 16.6. The smallest absolute Gasteiger partial charge is 0.408 e. The molecule has 2 aromatic carbocycles. The molecule has 0 aliphatic heterocycles. The number of terminal acetylenes is 1. The van der Waals surface area contributed by atoms with E-state index in [1.54, 1.807) is 53.7 Å². The lowest BCUT2D eigenvalue weighted by Gasteiger charge is -2.32. The number of aryl methyl sites for hydroxylation is 2. The van der Waals surface area contributed by atoms with Gasteiger partial charge in [-0.1, -0.05) is 66.1 Å². The maximum atomic E-state index is 14.2. The fourth-order valence-corrected chi connectivity index (χ4v) is 4.68. The van der Waals surface area contributed by atoms with Gasteiger partial charge in [-0.15, -0.1) is 0 Å². The van der Waals surface area contributed by atoms with E-state index in [-0.39, 0.29) is 19.3 Å². The first-order valence-electron chi connectivity index (χ1n) is 15.0. The monoisotopic (exact) mass is 634 g/mol. The third-order valence-corrected chi connectivity index (χ3v) is 6.40. The maximum Gasteiger partial charge on any atom is 0.408 e. The van der Waals surface area contributed by atoms with Crippen molar-refractivity contribution in [1.82, 2.24) is 15.5 Å². The summed E-state index contributed by atoms with van der Waals surface area (Å²) in [5.74, 6) is -2.99. The Bertz CT molecular complexity index is 1430. The number of nitrogens with one attached hydrogen (secondary N) is 2. The highest BCUT2D eigenvalue weighted by molar-refractivity contribution is 5.95. The van der Waals surface area contributed by atoms with Crippen molar-refractivity contribution in [3.8, 4) is 12.5 Å². The Kier molecular flexibility index (Phi) is 12.9. The fourth-order valence-electron chi connectivity index (χ4n) is 4.68. The molecule has 46 heavy (non-hydrogen) atoms. The van der Waals surface area contributed by atoms with Gasteiger partial charge >= 0.3 is 12.1 Å². The highest BCUT2D eigenvalue weighted by Crippen LogP contribution is 2.26. The van der Waals surface area contributed by atoms with E-state index in [4.69, 9.17) is 21.6 Å². The first-order valence-corrected chi connectivity index (χ1v) is 15.0. The second-order valence-electron chi connectivity index (χ2n) is 13.1. The summed E-state index contributed by atoms with van der Waals surface area (Å²) in [7, 11) is 0. The Morgan fingerprint density at radius 1 is 0.870 bits per heavy atom. The number of nitrogens with two attached hydrogens (primary N) is 1. The molecule has 2 rings (SSSR count). The number of rotatable bonds is 12. The van der Waals surface area contributed by atoms with Gasteiger partial charge in [-0.25, -0.2) is 9.59 Å². The molecule has 0 fully saturated rings. The summed E-state index contributed by atoms with van der Waals surface area (Å²) in [5.41, 5.74) is 6.34. The van der Waals surface area contributed by atoms with Crippen LogP contribution in [0.2, 0.25) is 0 Å². The molecule has 0 aliphatic rings. The lowest BCUT2D eigenvalue weighted by Crippen LogP contribution is -2.54. The number of nitrogens with zero attached hydrogens (tertiary/aromatic N) is 1. The zero-order chi connectivity index (χ0) is 34.8. The number of primary amides is 1. The summed E-state index contributed by atoms with van der Waals surface area (Å²) in [6.07, 6.45) is 4.61. The normalized spacial score (nSPS) is 13.3. The average Bonchev–Trinajstić information content (AvgIpc) is 2.91. The molecule has 0 radical (unpaired) electrons. The fraction of sp³-hybridized carbons (Fsp3) is 0.457. The first-order chi connectivity index (χ1) is 21.3. The van der Waals surface area contributed by atoms with Gasteiger partial charge in [0.15, 0.2) is 0 Å². The van der Waals surface area contributed by atoms with Gasteiger partial charge in [-0.3, -0.25) is 19.3 Å². The minimum atomic E-state index is -1.44. The van der Waals surface area contributed by atoms with E-state index in [9.17, 15) is 24.0 Å². The zero-order valence-corrected chi connectivity index (χ0v) is 27.9. The van der Waals surface area contributed by atoms with Gasteiger partial charge in [-0.2, -0.15) is 0 Å². The maximum absolute atomic E-state index is 14.2. The van der Waals surface area contributed by atoms with Gasteiger partial charge in [-0.05, 0) is 72.9 Å². The minimum Gasteiger partial charge on any atom is -0.458 e. The van der Waals surface area contributed by atoms with Crippen LogP contribution in [-0.2, 0) is 35.1 Å². The molecule has 4 amide bonds. The molecule has 0 heterocycles. The topological polar surface area (TPSA) is 157 Å². The molecule has 3 unspecified atom stereocenters. The van der Waals surface area contributed by atoms with Crippen molar-refractivity contribution >= 4 is 29.8 Å². The van der Waals surface area contributed by atoms with Crippen molar-refractivity contribution in [2.75, 3.05) is 0 Å². The quantitative estimate of drug-likeness (QED) is 0.181. The van der Waals surface area contributed by atoms with E-state index in [0.717, 1.165) is 21.6 Å². The van der Waals surface area contributed by atoms with E-state index in [2.05, 4.69) is 16.7 Å². The van der Waals surface area contributed by atoms with Gasteiger partial charge in [0.25, 0.3) is 5.91 Å². The Balaban J connectivity index is 2.60. The van der Waals surface area contributed by atoms with E-state index < -0.39 is 59.1 Å². The number of carbonyl (C=O) groups excluding carboxylic acids is 5. The molecular weight excluding hydrogens is 588 g/mol. The second-order valence-corrected chi connectivity index (χ2v) is 13.1. The number of hydrogen-bond acceptors (Lipinski definition) is 7. The molecule has 4 N–H and O–H groups in total. The van der Waals surface area contributed by atoms with Crippen LogP contribution in [0, 0.1) is 26.3 Å². The van der Waals surface area contributed by atoms with Crippen LogP contribution in [0.25, 0.3) is 0 Å². The lowest BCUT2D eigenvalue weighted by atomic mass is 9.97. The summed E-state index contributed by atoms with van der Waals surface area (Å²) >= 11 is 0. The van der Waals surface area contributed by atoms with Gasteiger partial charge in [0.05, 0.1) is 0 Å². The van der Waals surface area contributed by atoms with Crippen LogP contribution < -0.4 is 16.4 Å². The van der Waals surface area contributed by atoms with Crippen molar-refractivity contribution in [3.63, 3.8) is 0 Å². The molecule has 3 atom stereocenters. The molecule has 0 saturated carbocycles. The molecule has 0 bridgehead atoms. The number of hydrogen-bond donors (Lipinski definition) is 3. The Morgan fingerprint density at radius 3 is 1.93 bits per heavy atom. The van der Waals surface area contributed by atoms with Crippen molar-refractivity contribution < 1.29 is 33.4 Å². The van der Waals surface area contributed by atoms with Crippen LogP contribution in [0.3, 0.4) is 0 Å². The molecular formula is C35H46N4O7. The Morgan fingerprint density at radius 2 is 1.43 bits per heavy atom. The van der Waals surface area contributed by atoms with E-state index >= 15 is 0 Å². The number of ether oxygens (including phenoxy) is 2. The van der Waals surface area contributed by atoms with Crippen LogP contribution in [0.15, 0.2) is 48.5 Å². The third kappa shape index (κ3) is 12.3. The molecule has 11 nitrogen and oxygen atoms in total. The Hall–Kier alpha value is -4.85. The van der Waals surface area contributed by atoms with Gasteiger partial charge in [0, 0.05) is 18.9 Å². The largest absolute Gasteiger partial charge is 0.458 e. The molecule has 2 aromatic rings. The van der Waals surface area contributed by atoms with E-state index in [1.165, 1.54) is 0 Å². The number of carbonyl (C=O) groups is 5. The van der Waals surface area contributed by atoms with Gasteiger partial charge in [0.1, 0.15) is 29.3 Å². The summed E-state index contributed by atoms with van der Waals surface area (Å²) < 4.78 is 10.9. The minimum absolute atomic E-state index is 0.104. The van der Waals surface area contributed by atoms with Crippen molar-refractivity contribution in [2.24, 2.45) is 5.73 Å². The summed E-state index contributed by atoms with van der Waals surface area (Å²) in [6, 6.07) is 12.7. The summed E-state index contributed by atoms with van der Waals surface area (Å²) in [5, 5.41) is 5.23. The summed E-state index contributed by atoms with van der Waals surface area (Å²) in [6.45, 7) is 13.7. The molecule has 0 aliphatic carbocycles. The molecule has 11 heteroatoms. The number of benzene rings is 2. The Labute approximate surface area is 271 Å². The standard InChI is InChI=1S/C35H46N4O7/c1-10-39(31(42)26(16-17-28(36)40)38-33(44)46-35(7,8)9)29(25-19-22(2)18-23(3)20-25)30(41)37-27(32(43)45-34(4,5)6)21-24-14-12-11-13-15-24/h1,11-15,18-20,26-27,29H,16-17,21H2,2-9H3,(H2,36,40)(H,37,41)(H,38,44). The number of amides is 4. The van der Waals surface area contributed by atoms with Crippen molar-refractivity contribution in [2.45, 2.75) is 104 Å². The van der Waals surface area contributed by atoms with Crippen LogP contribution >= 0.6 is 0 Å². The molecule has 0 saturated heterocycles. The molecule has 248 valence electrons. The predicted octanol–water partition coefficient (Wildman–Crippen LogP) is 3.99. The van der Waals surface area contributed by atoms with Crippen LogP contribution in [-0.4, -0.2) is 58.0 Å². The van der Waals surface area contributed by atoms with E-state index in [1.807, 2.05) is 50.2 Å². The van der Waals surface area contributed by atoms with Crippen LogP contribution in [0.1, 0.15) is 82.7 Å². The summed E-state index contributed by atoms with van der Waals surface area (Å²) in [4.78, 5) is 66.9. The number of alkyl carbamates (subject to hydrolysis) is 1. The van der Waals surface area contributed by atoms with Crippen molar-refractivity contribution in [1.29, 1.82) is 0 Å². The van der Waals surface area contributed by atoms with E-state index in [0.29, 0.717) is 5.56 Å². The molecule has 0 aromatic heterocycles. The third-order valence-electron chi connectivity index (χ3n) is 6.40. The van der Waals surface area contributed by atoms with Crippen molar-refractivity contribution in [3.05, 3.63) is 70.8 Å². The lowest BCUT2D eigenvalue weighted by molar-refractivity contribution is -0.159. The van der Waals surface area contributed by atoms with Gasteiger partial charge < -0.3 is 25.8 Å². The zero-order valence-electron chi connectivity index (χ0n) is 27.9. The van der Waals surface area contributed by atoms with Gasteiger partial charge in [0.2, 0.25) is 11.8 Å². The average molecular weight is 635 g/mol. The number of esters is 1. The second kappa shape index (κ2) is 15.9.